The third kappa shape index (κ3) is 3.93. The van der Waals surface area contributed by atoms with E-state index in [2.05, 4.69) is 24.5 Å². The molecule has 2 saturated heterocycles. The first-order valence-corrected chi connectivity index (χ1v) is 7.71. The maximum atomic E-state index is 12.4. The molecule has 2 atom stereocenters. The van der Waals surface area contributed by atoms with Crippen LogP contribution in [0.3, 0.4) is 0 Å². The lowest BCUT2D eigenvalue weighted by atomic mass is 9.74. The SMILES string of the molecule is CC(C)(C(=O)NCC1CCCCO1)C1CCCNC1. The summed E-state index contributed by atoms with van der Waals surface area (Å²) in [7, 11) is 0. The fourth-order valence-corrected chi connectivity index (χ4v) is 3.06. The van der Waals surface area contributed by atoms with Gasteiger partial charge in [-0.1, -0.05) is 13.8 Å². The van der Waals surface area contributed by atoms with Gasteiger partial charge in [0.1, 0.15) is 0 Å². The van der Waals surface area contributed by atoms with Crippen LogP contribution >= 0.6 is 0 Å². The summed E-state index contributed by atoms with van der Waals surface area (Å²) in [5.74, 6) is 0.615. The Balaban J connectivity index is 1.79. The van der Waals surface area contributed by atoms with Crippen LogP contribution in [0, 0.1) is 11.3 Å². The molecule has 1 amide bonds. The zero-order valence-electron chi connectivity index (χ0n) is 12.3. The molecular weight excluding hydrogens is 240 g/mol. The van der Waals surface area contributed by atoms with Crippen molar-refractivity contribution < 1.29 is 9.53 Å². The van der Waals surface area contributed by atoms with Crippen molar-refractivity contribution in [1.29, 1.82) is 0 Å². The van der Waals surface area contributed by atoms with Crippen LogP contribution in [-0.2, 0) is 9.53 Å². The molecule has 110 valence electrons. The molecule has 0 aromatic heterocycles. The molecule has 0 aliphatic carbocycles. The Morgan fingerprint density at radius 3 is 2.79 bits per heavy atom. The lowest BCUT2D eigenvalue weighted by Crippen LogP contribution is -2.49. The summed E-state index contributed by atoms with van der Waals surface area (Å²) in [6.45, 7) is 7.70. The minimum absolute atomic E-state index is 0.176. The zero-order valence-corrected chi connectivity index (χ0v) is 12.3. The van der Waals surface area contributed by atoms with Crippen molar-refractivity contribution in [2.24, 2.45) is 11.3 Å². The van der Waals surface area contributed by atoms with E-state index in [4.69, 9.17) is 4.74 Å². The van der Waals surface area contributed by atoms with Gasteiger partial charge in [-0.2, -0.15) is 0 Å². The first-order chi connectivity index (χ1) is 9.10. The Morgan fingerprint density at radius 2 is 2.16 bits per heavy atom. The summed E-state index contributed by atoms with van der Waals surface area (Å²) in [4.78, 5) is 12.4. The van der Waals surface area contributed by atoms with Crippen LogP contribution in [0.25, 0.3) is 0 Å². The maximum absolute atomic E-state index is 12.4. The van der Waals surface area contributed by atoms with Crippen molar-refractivity contribution in [1.82, 2.24) is 10.6 Å². The van der Waals surface area contributed by atoms with E-state index in [0.717, 1.165) is 39.0 Å². The predicted octanol–water partition coefficient (Wildman–Crippen LogP) is 1.70. The topological polar surface area (TPSA) is 50.4 Å². The molecule has 0 bridgehead atoms. The third-order valence-corrected chi connectivity index (χ3v) is 4.67. The van der Waals surface area contributed by atoms with Crippen molar-refractivity contribution in [2.75, 3.05) is 26.2 Å². The molecule has 0 aromatic carbocycles. The van der Waals surface area contributed by atoms with Crippen molar-refractivity contribution in [3.8, 4) is 0 Å². The van der Waals surface area contributed by atoms with E-state index in [1.54, 1.807) is 0 Å². The standard InChI is InChI=1S/C15H28N2O2/c1-15(2,12-6-5-8-16-10-12)14(18)17-11-13-7-3-4-9-19-13/h12-13,16H,3-11H2,1-2H3,(H,17,18). The second-order valence-corrected chi connectivity index (χ2v) is 6.46. The van der Waals surface area contributed by atoms with Gasteiger partial charge in [-0.3, -0.25) is 4.79 Å². The number of hydrogen-bond donors (Lipinski definition) is 2. The van der Waals surface area contributed by atoms with Crippen LogP contribution in [0.1, 0.15) is 46.0 Å². The Labute approximate surface area is 116 Å². The van der Waals surface area contributed by atoms with E-state index in [9.17, 15) is 4.79 Å². The van der Waals surface area contributed by atoms with Crippen molar-refractivity contribution in [3.05, 3.63) is 0 Å². The number of hydrogen-bond acceptors (Lipinski definition) is 3. The molecule has 2 rings (SSSR count). The highest BCUT2D eigenvalue weighted by Gasteiger charge is 2.37. The highest BCUT2D eigenvalue weighted by molar-refractivity contribution is 5.82. The van der Waals surface area contributed by atoms with E-state index >= 15 is 0 Å². The van der Waals surface area contributed by atoms with Crippen LogP contribution in [-0.4, -0.2) is 38.3 Å². The number of amides is 1. The number of carbonyl (C=O) groups excluding carboxylic acids is 1. The van der Waals surface area contributed by atoms with Crippen LogP contribution < -0.4 is 10.6 Å². The number of piperidine rings is 1. The molecule has 0 aromatic rings. The van der Waals surface area contributed by atoms with E-state index in [1.165, 1.54) is 12.8 Å². The predicted molar refractivity (Wildman–Crippen MR) is 76.0 cm³/mol. The first kappa shape index (κ1) is 14.8. The molecule has 2 fully saturated rings. The van der Waals surface area contributed by atoms with E-state index in [0.29, 0.717) is 12.5 Å². The molecule has 19 heavy (non-hydrogen) atoms. The summed E-state index contributed by atoms with van der Waals surface area (Å²) in [6.07, 6.45) is 5.99. The molecule has 0 radical (unpaired) electrons. The minimum Gasteiger partial charge on any atom is -0.376 e. The van der Waals surface area contributed by atoms with E-state index < -0.39 is 0 Å². The van der Waals surface area contributed by atoms with Crippen LogP contribution in [0.4, 0.5) is 0 Å². The fourth-order valence-electron chi connectivity index (χ4n) is 3.06. The largest absolute Gasteiger partial charge is 0.376 e. The van der Waals surface area contributed by atoms with Gasteiger partial charge in [0.05, 0.1) is 6.10 Å². The Hall–Kier alpha value is -0.610. The van der Waals surface area contributed by atoms with Gasteiger partial charge >= 0.3 is 0 Å². The Bertz CT molecular complexity index is 293. The quantitative estimate of drug-likeness (QED) is 0.816. The summed E-state index contributed by atoms with van der Waals surface area (Å²) in [6, 6.07) is 0. The van der Waals surface area contributed by atoms with Gasteiger partial charge < -0.3 is 15.4 Å². The normalized spacial score (nSPS) is 28.9. The van der Waals surface area contributed by atoms with Crippen LogP contribution in [0.15, 0.2) is 0 Å². The molecule has 4 heteroatoms. The molecule has 2 aliphatic heterocycles. The average Bonchev–Trinajstić information content (AvgIpc) is 2.46. The summed E-state index contributed by atoms with van der Waals surface area (Å²) in [5, 5.41) is 6.49. The van der Waals surface area contributed by atoms with E-state index in [-0.39, 0.29) is 17.4 Å². The van der Waals surface area contributed by atoms with Gasteiger partial charge in [0, 0.05) is 18.6 Å². The second-order valence-electron chi connectivity index (χ2n) is 6.46. The molecule has 2 heterocycles. The summed E-state index contributed by atoms with van der Waals surface area (Å²) >= 11 is 0. The minimum atomic E-state index is -0.290. The van der Waals surface area contributed by atoms with Crippen LogP contribution in [0.2, 0.25) is 0 Å². The van der Waals surface area contributed by atoms with Gasteiger partial charge in [-0.05, 0) is 51.1 Å². The number of rotatable bonds is 4. The number of nitrogens with one attached hydrogen (secondary N) is 2. The van der Waals surface area contributed by atoms with Gasteiger partial charge in [0.2, 0.25) is 5.91 Å². The van der Waals surface area contributed by atoms with Gasteiger partial charge in [0.25, 0.3) is 0 Å². The lowest BCUT2D eigenvalue weighted by molar-refractivity contribution is -0.133. The van der Waals surface area contributed by atoms with Crippen molar-refractivity contribution in [3.63, 3.8) is 0 Å². The number of carbonyl (C=O) groups is 1. The molecule has 2 N–H and O–H groups in total. The van der Waals surface area contributed by atoms with Gasteiger partial charge in [-0.25, -0.2) is 0 Å². The summed E-state index contributed by atoms with van der Waals surface area (Å²) in [5.41, 5.74) is -0.290. The third-order valence-electron chi connectivity index (χ3n) is 4.67. The molecule has 4 nitrogen and oxygen atoms in total. The zero-order chi connectivity index (χ0) is 13.7. The Kier molecular flexibility index (Phi) is 5.22. The van der Waals surface area contributed by atoms with Gasteiger partial charge in [0.15, 0.2) is 0 Å². The molecular formula is C15H28N2O2. The second kappa shape index (κ2) is 6.71. The maximum Gasteiger partial charge on any atom is 0.226 e. The Morgan fingerprint density at radius 1 is 1.32 bits per heavy atom. The van der Waals surface area contributed by atoms with Crippen LogP contribution in [0.5, 0.6) is 0 Å². The molecule has 0 saturated carbocycles. The molecule has 2 unspecified atom stereocenters. The van der Waals surface area contributed by atoms with E-state index in [1.807, 2.05) is 0 Å². The first-order valence-electron chi connectivity index (χ1n) is 7.71. The monoisotopic (exact) mass is 268 g/mol. The highest BCUT2D eigenvalue weighted by atomic mass is 16.5. The lowest BCUT2D eigenvalue weighted by Gasteiger charge is -2.36. The number of ether oxygens (including phenoxy) is 1. The van der Waals surface area contributed by atoms with Crippen molar-refractivity contribution in [2.45, 2.75) is 52.1 Å². The molecule has 0 spiro atoms. The van der Waals surface area contributed by atoms with Crippen molar-refractivity contribution >= 4 is 5.91 Å². The summed E-state index contributed by atoms with van der Waals surface area (Å²) < 4.78 is 5.66. The average molecular weight is 268 g/mol. The highest BCUT2D eigenvalue weighted by Crippen LogP contribution is 2.31. The van der Waals surface area contributed by atoms with Gasteiger partial charge in [-0.15, -0.1) is 0 Å². The molecule has 2 aliphatic rings. The smallest absolute Gasteiger partial charge is 0.226 e. The fraction of sp³-hybridized carbons (Fsp3) is 0.933.